The number of aromatic nitrogens is 2. The molecular weight excluding hydrogens is 294 g/mol. The molecule has 0 bridgehead atoms. The zero-order valence-electron chi connectivity index (χ0n) is 12.9. The molecular formula is C16H21N5O2. The van der Waals surface area contributed by atoms with Gasteiger partial charge in [-0.15, -0.1) is 0 Å². The number of hydrogen-bond acceptors (Lipinski definition) is 4. The van der Waals surface area contributed by atoms with Gasteiger partial charge in [0.15, 0.2) is 0 Å². The van der Waals surface area contributed by atoms with Crippen molar-refractivity contribution in [2.45, 2.75) is 6.04 Å². The summed E-state index contributed by atoms with van der Waals surface area (Å²) in [6.07, 6.45) is 3.20. The van der Waals surface area contributed by atoms with Crippen LogP contribution in [0.2, 0.25) is 0 Å². The lowest BCUT2D eigenvalue weighted by Gasteiger charge is -2.34. The molecule has 0 aliphatic carbocycles. The number of carbonyl (C=O) groups excluding carboxylic acids is 1. The number of amides is 2. The maximum atomic E-state index is 12.0. The highest BCUT2D eigenvalue weighted by Gasteiger charge is 2.23. The van der Waals surface area contributed by atoms with Crippen molar-refractivity contribution in [3.63, 3.8) is 0 Å². The number of nitrogens with zero attached hydrogens (tertiary/aromatic N) is 2. The van der Waals surface area contributed by atoms with Crippen LogP contribution in [0.15, 0.2) is 42.7 Å². The van der Waals surface area contributed by atoms with E-state index in [1.807, 2.05) is 18.2 Å². The Morgan fingerprint density at radius 1 is 1.30 bits per heavy atom. The molecule has 3 N–H and O–H groups in total. The molecule has 0 radical (unpaired) electrons. The number of benzene rings is 1. The minimum absolute atomic E-state index is 0.134. The fourth-order valence-corrected chi connectivity index (χ4v) is 2.71. The Balaban J connectivity index is 1.62. The Morgan fingerprint density at radius 3 is 2.78 bits per heavy atom. The van der Waals surface area contributed by atoms with Gasteiger partial charge >= 0.3 is 6.03 Å². The number of aromatic amines is 1. The first-order chi connectivity index (χ1) is 11.3. The molecule has 1 fully saturated rings. The smallest absolute Gasteiger partial charge is 0.319 e. The average Bonchev–Trinajstić information content (AvgIpc) is 3.10. The number of ether oxygens (including phenoxy) is 1. The number of rotatable bonds is 5. The number of H-pyrrole nitrogens is 1. The number of anilines is 1. The van der Waals surface area contributed by atoms with E-state index in [-0.39, 0.29) is 12.1 Å². The molecule has 7 heteroatoms. The van der Waals surface area contributed by atoms with E-state index < -0.39 is 0 Å². The fraction of sp³-hybridized carbons (Fsp3) is 0.375. The van der Waals surface area contributed by atoms with E-state index >= 15 is 0 Å². The van der Waals surface area contributed by atoms with Gasteiger partial charge in [0.25, 0.3) is 0 Å². The number of morpholine rings is 1. The van der Waals surface area contributed by atoms with E-state index in [4.69, 9.17) is 4.74 Å². The normalized spacial score (nSPS) is 16.7. The van der Waals surface area contributed by atoms with Crippen molar-refractivity contribution in [3.05, 3.63) is 48.3 Å². The molecule has 7 nitrogen and oxygen atoms in total. The second kappa shape index (κ2) is 7.75. The van der Waals surface area contributed by atoms with Gasteiger partial charge in [-0.3, -0.25) is 10.00 Å². The SMILES string of the molecule is O=C(NC[C@@H](c1ccccc1)N1CCOCC1)Nc1cn[nH]c1. The highest BCUT2D eigenvalue weighted by atomic mass is 16.5. The Morgan fingerprint density at radius 2 is 2.09 bits per heavy atom. The first kappa shape index (κ1) is 15.5. The Hall–Kier alpha value is -2.38. The predicted octanol–water partition coefficient (Wildman–Crippen LogP) is 1.60. The summed E-state index contributed by atoms with van der Waals surface area (Å²) in [7, 11) is 0. The van der Waals surface area contributed by atoms with Gasteiger partial charge in [0, 0.05) is 25.8 Å². The van der Waals surface area contributed by atoms with E-state index in [9.17, 15) is 4.79 Å². The second-order valence-corrected chi connectivity index (χ2v) is 5.40. The molecule has 23 heavy (non-hydrogen) atoms. The summed E-state index contributed by atoms with van der Waals surface area (Å²) in [6, 6.07) is 10.1. The van der Waals surface area contributed by atoms with Gasteiger partial charge in [0.05, 0.1) is 31.1 Å². The van der Waals surface area contributed by atoms with Gasteiger partial charge in [-0.25, -0.2) is 4.79 Å². The summed E-state index contributed by atoms with van der Waals surface area (Å²) in [5.41, 5.74) is 1.84. The van der Waals surface area contributed by atoms with Crippen molar-refractivity contribution in [1.29, 1.82) is 0 Å². The van der Waals surface area contributed by atoms with Gasteiger partial charge in [-0.1, -0.05) is 30.3 Å². The van der Waals surface area contributed by atoms with E-state index in [1.54, 1.807) is 12.4 Å². The fourth-order valence-electron chi connectivity index (χ4n) is 2.71. The van der Waals surface area contributed by atoms with Crippen LogP contribution in [0.1, 0.15) is 11.6 Å². The largest absolute Gasteiger partial charge is 0.379 e. The van der Waals surface area contributed by atoms with Crippen LogP contribution in [0.25, 0.3) is 0 Å². The van der Waals surface area contributed by atoms with Crippen LogP contribution in [-0.4, -0.2) is 54.0 Å². The minimum Gasteiger partial charge on any atom is -0.379 e. The molecule has 3 rings (SSSR count). The minimum atomic E-state index is -0.236. The van der Waals surface area contributed by atoms with Gasteiger partial charge in [-0.05, 0) is 5.56 Å². The van der Waals surface area contributed by atoms with Crippen molar-refractivity contribution in [3.8, 4) is 0 Å². The maximum Gasteiger partial charge on any atom is 0.319 e. The van der Waals surface area contributed by atoms with Crippen molar-refractivity contribution < 1.29 is 9.53 Å². The van der Waals surface area contributed by atoms with Crippen LogP contribution >= 0.6 is 0 Å². The standard InChI is InChI=1S/C16H21N5O2/c22-16(20-14-10-18-19-11-14)17-12-15(13-4-2-1-3-5-13)21-6-8-23-9-7-21/h1-5,10-11,15H,6-9,12H2,(H,18,19)(H2,17,20,22)/t15-/m0/s1. The molecule has 0 spiro atoms. The van der Waals surface area contributed by atoms with E-state index in [0.29, 0.717) is 12.2 Å². The van der Waals surface area contributed by atoms with Crippen molar-refractivity contribution in [1.82, 2.24) is 20.4 Å². The molecule has 2 heterocycles. The third-order valence-corrected chi connectivity index (χ3v) is 3.88. The van der Waals surface area contributed by atoms with Crippen molar-refractivity contribution >= 4 is 11.7 Å². The lowest BCUT2D eigenvalue weighted by atomic mass is 10.0. The second-order valence-electron chi connectivity index (χ2n) is 5.40. The Kier molecular flexibility index (Phi) is 5.23. The van der Waals surface area contributed by atoms with Crippen LogP contribution in [-0.2, 0) is 4.74 Å². The molecule has 0 saturated carbocycles. The summed E-state index contributed by atoms with van der Waals surface area (Å²) in [4.78, 5) is 14.4. The van der Waals surface area contributed by atoms with Gasteiger partial charge in [-0.2, -0.15) is 5.10 Å². The molecule has 2 amide bonds. The third-order valence-electron chi connectivity index (χ3n) is 3.88. The Labute approximate surface area is 135 Å². The number of urea groups is 1. The molecule has 1 aliphatic heterocycles. The number of hydrogen-bond donors (Lipinski definition) is 3. The third kappa shape index (κ3) is 4.30. The lowest BCUT2D eigenvalue weighted by Crippen LogP contribution is -2.44. The summed E-state index contributed by atoms with van der Waals surface area (Å²) < 4.78 is 5.43. The number of nitrogens with one attached hydrogen (secondary N) is 3. The van der Waals surface area contributed by atoms with Crippen molar-refractivity contribution in [2.75, 3.05) is 38.2 Å². The van der Waals surface area contributed by atoms with Gasteiger partial charge < -0.3 is 15.4 Å². The topological polar surface area (TPSA) is 82.3 Å². The molecule has 1 aliphatic rings. The first-order valence-electron chi connectivity index (χ1n) is 7.73. The van der Waals surface area contributed by atoms with Crippen LogP contribution in [0.5, 0.6) is 0 Å². The van der Waals surface area contributed by atoms with Gasteiger partial charge in [0.2, 0.25) is 0 Å². The van der Waals surface area contributed by atoms with Crippen LogP contribution in [0.3, 0.4) is 0 Å². The summed E-state index contributed by atoms with van der Waals surface area (Å²) in [6.45, 7) is 3.72. The van der Waals surface area contributed by atoms with E-state index in [0.717, 1.165) is 26.3 Å². The summed E-state index contributed by atoms with van der Waals surface area (Å²) in [5.74, 6) is 0. The predicted molar refractivity (Wildman–Crippen MR) is 87.2 cm³/mol. The van der Waals surface area contributed by atoms with Crippen LogP contribution < -0.4 is 10.6 Å². The zero-order chi connectivity index (χ0) is 15.9. The number of carbonyl (C=O) groups is 1. The summed E-state index contributed by atoms with van der Waals surface area (Å²) >= 11 is 0. The van der Waals surface area contributed by atoms with Gasteiger partial charge in [0.1, 0.15) is 0 Å². The molecule has 1 saturated heterocycles. The highest BCUT2D eigenvalue weighted by molar-refractivity contribution is 5.88. The quantitative estimate of drug-likeness (QED) is 0.783. The first-order valence-corrected chi connectivity index (χ1v) is 7.73. The monoisotopic (exact) mass is 315 g/mol. The lowest BCUT2D eigenvalue weighted by molar-refractivity contribution is 0.0168. The Bertz CT molecular complexity index is 596. The maximum absolute atomic E-state index is 12.0. The average molecular weight is 315 g/mol. The molecule has 1 aromatic heterocycles. The zero-order valence-corrected chi connectivity index (χ0v) is 12.9. The summed E-state index contributed by atoms with van der Waals surface area (Å²) in [5, 5.41) is 12.2. The molecule has 0 unspecified atom stereocenters. The molecule has 2 aromatic rings. The van der Waals surface area contributed by atoms with Crippen LogP contribution in [0.4, 0.5) is 10.5 Å². The van der Waals surface area contributed by atoms with E-state index in [2.05, 4.69) is 37.9 Å². The molecule has 122 valence electrons. The highest BCUT2D eigenvalue weighted by Crippen LogP contribution is 2.21. The van der Waals surface area contributed by atoms with Crippen LogP contribution in [0, 0.1) is 0 Å². The molecule has 1 atom stereocenters. The molecule has 1 aromatic carbocycles. The van der Waals surface area contributed by atoms with E-state index in [1.165, 1.54) is 5.56 Å². The van der Waals surface area contributed by atoms with Crippen molar-refractivity contribution in [2.24, 2.45) is 0 Å².